The number of phenolic OH excluding ortho intramolecular Hbond substituents is 1. The zero-order valence-corrected chi connectivity index (χ0v) is 10.7. The van der Waals surface area contributed by atoms with Gasteiger partial charge in [-0.05, 0) is 18.2 Å². The van der Waals surface area contributed by atoms with E-state index in [1.807, 2.05) is 0 Å². The molecule has 6 heteroatoms. The number of carbonyl (C=O) groups is 1. The van der Waals surface area contributed by atoms with E-state index in [-0.39, 0.29) is 37.6 Å². The van der Waals surface area contributed by atoms with Crippen molar-refractivity contribution in [1.29, 1.82) is 0 Å². The first-order valence-electron chi connectivity index (χ1n) is 5.09. The average Bonchev–Trinajstić information content (AvgIpc) is 2.31. The summed E-state index contributed by atoms with van der Waals surface area (Å²) in [5.74, 6) is -0.550. The topological polar surface area (TPSA) is 81.0 Å². The van der Waals surface area contributed by atoms with Gasteiger partial charge in [0.15, 0.2) is 0 Å². The van der Waals surface area contributed by atoms with Gasteiger partial charge in [0.25, 0.3) is 5.91 Å². The monoisotopic (exact) mass is 303 g/mol. The van der Waals surface area contributed by atoms with Gasteiger partial charge >= 0.3 is 0 Å². The molecule has 17 heavy (non-hydrogen) atoms. The Balaban J connectivity index is 2.95. The molecule has 1 amide bonds. The predicted molar refractivity (Wildman–Crippen MR) is 65.9 cm³/mol. The van der Waals surface area contributed by atoms with Crippen LogP contribution in [0.4, 0.5) is 0 Å². The number of halogens is 1. The molecule has 0 aromatic heterocycles. The van der Waals surface area contributed by atoms with Crippen LogP contribution in [0.25, 0.3) is 0 Å². The van der Waals surface area contributed by atoms with Crippen LogP contribution in [0.5, 0.6) is 5.75 Å². The largest absolute Gasteiger partial charge is 0.507 e. The minimum absolute atomic E-state index is 0.116. The summed E-state index contributed by atoms with van der Waals surface area (Å²) in [6.07, 6.45) is 0. The molecule has 0 unspecified atom stereocenters. The smallest absolute Gasteiger partial charge is 0.257 e. The first kappa shape index (κ1) is 14.0. The molecule has 0 fully saturated rings. The Hall–Kier alpha value is -1.11. The molecule has 1 aromatic carbocycles. The Morgan fingerprint density at radius 2 is 1.82 bits per heavy atom. The maximum Gasteiger partial charge on any atom is 0.257 e. The molecule has 1 rings (SSSR count). The van der Waals surface area contributed by atoms with Gasteiger partial charge in [0.1, 0.15) is 5.75 Å². The summed E-state index contributed by atoms with van der Waals surface area (Å²) < 4.78 is 0.673. The lowest BCUT2D eigenvalue weighted by atomic mass is 10.1. The summed E-state index contributed by atoms with van der Waals surface area (Å²) in [6, 6.07) is 4.53. The van der Waals surface area contributed by atoms with Crippen molar-refractivity contribution in [3.05, 3.63) is 28.2 Å². The SMILES string of the molecule is O=C(c1cc(Br)ccc1O)N(CCO)CCO. The van der Waals surface area contributed by atoms with Crippen LogP contribution in [0.2, 0.25) is 0 Å². The fourth-order valence-corrected chi connectivity index (χ4v) is 1.77. The highest BCUT2D eigenvalue weighted by Gasteiger charge is 2.18. The maximum atomic E-state index is 12.0. The molecule has 0 aliphatic rings. The number of benzene rings is 1. The van der Waals surface area contributed by atoms with Gasteiger partial charge in [0.2, 0.25) is 0 Å². The third-order valence-corrected chi connectivity index (χ3v) is 2.71. The van der Waals surface area contributed by atoms with Crippen LogP contribution in [-0.4, -0.2) is 52.4 Å². The molecule has 0 heterocycles. The maximum absolute atomic E-state index is 12.0. The van der Waals surface area contributed by atoms with E-state index in [9.17, 15) is 9.90 Å². The normalized spacial score (nSPS) is 10.3. The van der Waals surface area contributed by atoms with Crippen molar-refractivity contribution in [3.8, 4) is 5.75 Å². The van der Waals surface area contributed by atoms with Crippen LogP contribution in [0.3, 0.4) is 0 Å². The van der Waals surface area contributed by atoms with Gasteiger partial charge in [-0.3, -0.25) is 4.79 Å². The quantitative estimate of drug-likeness (QED) is 0.743. The van der Waals surface area contributed by atoms with E-state index in [0.717, 1.165) is 0 Å². The molecular weight excluding hydrogens is 290 g/mol. The number of rotatable bonds is 5. The summed E-state index contributed by atoms with van der Waals surface area (Å²) in [6.45, 7) is -0.155. The van der Waals surface area contributed by atoms with Gasteiger partial charge in [-0.15, -0.1) is 0 Å². The minimum Gasteiger partial charge on any atom is -0.507 e. The third kappa shape index (κ3) is 3.69. The van der Waals surface area contributed by atoms with Crippen LogP contribution in [0, 0.1) is 0 Å². The number of phenols is 1. The molecule has 0 radical (unpaired) electrons. The highest BCUT2D eigenvalue weighted by atomic mass is 79.9. The van der Waals surface area contributed by atoms with E-state index in [1.165, 1.54) is 17.0 Å². The van der Waals surface area contributed by atoms with Crippen molar-refractivity contribution >= 4 is 21.8 Å². The second kappa shape index (κ2) is 6.58. The number of aliphatic hydroxyl groups is 2. The Bertz CT molecular complexity index is 391. The van der Waals surface area contributed by atoms with Crippen LogP contribution in [-0.2, 0) is 0 Å². The van der Waals surface area contributed by atoms with E-state index < -0.39 is 5.91 Å². The second-order valence-corrected chi connectivity index (χ2v) is 4.32. The summed E-state index contributed by atoms with van der Waals surface area (Å²) in [5.41, 5.74) is 0.140. The first-order valence-corrected chi connectivity index (χ1v) is 5.89. The van der Waals surface area contributed by atoms with Crippen molar-refractivity contribution in [2.75, 3.05) is 26.3 Å². The van der Waals surface area contributed by atoms with Crippen LogP contribution in [0.15, 0.2) is 22.7 Å². The summed E-state index contributed by atoms with van der Waals surface area (Å²) in [5, 5.41) is 27.3. The molecule has 5 nitrogen and oxygen atoms in total. The van der Waals surface area contributed by atoms with Crippen molar-refractivity contribution in [2.45, 2.75) is 0 Å². The highest BCUT2D eigenvalue weighted by molar-refractivity contribution is 9.10. The van der Waals surface area contributed by atoms with E-state index in [0.29, 0.717) is 4.47 Å². The highest BCUT2D eigenvalue weighted by Crippen LogP contribution is 2.23. The fourth-order valence-electron chi connectivity index (χ4n) is 1.41. The molecule has 3 N–H and O–H groups in total. The number of nitrogens with zero attached hydrogens (tertiary/aromatic N) is 1. The summed E-state index contributed by atoms with van der Waals surface area (Å²) in [4.78, 5) is 13.3. The molecular formula is C11H14BrNO4. The summed E-state index contributed by atoms with van der Waals surface area (Å²) >= 11 is 3.21. The summed E-state index contributed by atoms with van der Waals surface area (Å²) in [7, 11) is 0. The second-order valence-electron chi connectivity index (χ2n) is 3.40. The fraction of sp³-hybridized carbons (Fsp3) is 0.364. The number of hydrogen-bond donors (Lipinski definition) is 3. The lowest BCUT2D eigenvalue weighted by Crippen LogP contribution is -2.35. The zero-order chi connectivity index (χ0) is 12.8. The number of aromatic hydroxyl groups is 1. The van der Waals surface area contributed by atoms with Crippen LogP contribution >= 0.6 is 15.9 Å². The Labute approximate surface area is 107 Å². The predicted octanol–water partition coefficient (Wildman–Crippen LogP) is 0.581. The Morgan fingerprint density at radius 1 is 1.24 bits per heavy atom. The first-order chi connectivity index (χ1) is 8.10. The zero-order valence-electron chi connectivity index (χ0n) is 9.14. The van der Waals surface area contributed by atoms with Crippen LogP contribution < -0.4 is 0 Å². The molecule has 0 aliphatic heterocycles. The number of aliphatic hydroxyl groups excluding tert-OH is 2. The van der Waals surface area contributed by atoms with Gasteiger partial charge < -0.3 is 20.2 Å². The number of hydrogen-bond acceptors (Lipinski definition) is 4. The van der Waals surface area contributed by atoms with E-state index in [2.05, 4.69) is 15.9 Å². The van der Waals surface area contributed by atoms with Gasteiger partial charge in [-0.1, -0.05) is 15.9 Å². The van der Waals surface area contributed by atoms with Crippen molar-refractivity contribution in [1.82, 2.24) is 4.90 Å². The van der Waals surface area contributed by atoms with Gasteiger partial charge in [0.05, 0.1) is 18.8 Å². The van der Waals surface area contributed by atoms with Crippen molar-refractivity contribution in [3.63, 3.8) is 0 Å². The van der Waals surface area contributed by atoms with Crippen molar-refractivity contribution < 1.29 is 20.1 Å². The standard InChI is InChI=1S/C11H14BrNO4/c12-8-1-2-10(16)9(7-8)11(17)13(3-5-14)4-6-15/h1-2,7,14-16H,3-6H2. The molecule has 0 saturated heterocycles. The molecule has 0 spiro atoms. The number of amides is 1. The van der Waals surface area contributed by atoms with E-state index >= 15 is 0 Å². The van der Waals surface area contributed by atoms with Gasteiger partial charge in [-0.25, -0.2) is 0 Å². The molecule has 0 aliphatic carbocycles. The molecule has 94 valence electrons. The lowest BCUT2D eigenvalue weighted by Gasteiger charge is -2.21. The third-order valence-electron chi connectivity index (χ3n) is 2.22. The molecule has 0 bridgehead atoms. The van der Waals surface area contributed by atoms with E-state index in [1.54, 1.807) is 6.07 Å². The molecule has 1 aromatic rings. The Morgan fingerprint density at radius 3 is 2.35 bits per heavy atom. The van der Waals surface area contributed by atoms with Crippen LogP contribution in [0.1, 0.15) is 10.4 Å². The van der Waals surface area contributed by atoms with Crippen molar-refractivity contribution in [2.24, 2.45) is 0 Å². The Kier molecular flexibility index (Phi) is 5.40. The number of carbonyl (C=O) groups excluding carboxylic acids is 1. The van der Waals surface area contributed by atoms with E-state index in [4.69, 9.17) is 10.2 Å². The molecule has 0 atom stereocenters. The minimum atomic E-state index is -0.424. The molecule has 0 saturated carbocycles. The average molecular weight is 304 g/mol. The van der Waals surface area contributed by atoms with Gasteiger partial charge in [0, 0.05) is 17.6 Å². The lowest BCUT2D eigenvalue weighted by molar-refractivity contribution is 0.0681. The van der Waals surface area contributed by atoms with Gasteiger partial charge in [-0.2, -0.15) is 0 Å².